The van der Waals surface area contributed by atoms with Crippen molar-refractivity contribution in [3.05, 3.63) is 35.9 Å². The summed E-state index contributed by atoms with van der Waals surface area (Å²) in [5, 5.41) is 0. The molecule has 1 saturated carbocycles. The highest BCUT2D eigenvalue weighted by Crippen LogP contribution is 2.28. The Bertz CT molecular complexity index is 496. The lowest BCUT2D eigenvalue weighted by Crippen LogP contribution is -2.52. The van der Waals surface area contributed by atoms with Crippen LogP contribution in [0.15, 0.2) is 30.3 Å². The van der Waals surface area contributed by atoms with Gasteiger partial charge in [-0.1, -0.05) is 30.3 Å². The summed E-state index contributed by atoms with van der Waals surface area (Å²) in [4.78, 5) is 27.8. The van der Waals surface area contributed by atoms with Crippen LogP contribution < -0.4 is 0 Å². The van der Waals surface area contributed by atoms with Crippen LogP contribution in [0.5, 0.6) is 0 Å². The van der Waals surface area contributed by atoms with Crippen LogP contribution in [0.25, 0.3) is 0 Å². The second kappa shape index (κ2) is 5.65. The molecule has 0 spiro atoms. The molecule has 4 nitrogen and oxygen atoms in total. The van der Waals surface area contributed by atoms with Crippen LogP contribution in [0.1, 0.15) is 24.8 Å². The first-order chi connectivity index (χ1) is 9.74. The molecule has 106 valence electrons. The van der Waals surface area contributed by atoms with Gasteiger partial charge in [-0.3, -0.25) is 9.59 Å². The van der Waals surface area contributed by atoms with Crippen LogP contribution in [0.2, 0.25) is 0 Å². The van der Waals surface area contributed by atoms with E-state index in [0.29, 0.717) is 25.6 Å². The van der Waals surface area contributed by atoms with E-state index in [2.05, 4.69) is 0 Å². The Morgan fingerprint density at radius 1 is 1.15 bits per heavy atom. The molecule has 2 amide bonds. The molecule has 1 saturated heterocycles. The van der Waals surface area contributed by atoms with Crippen molar-refractivity contribution in [3.63, 3.8) is 0 Å². The maximum Gasteiger partial charge on any atom is 0.242 e. The number of amides is 2. The fourth-order valence-corrected chi connectivity index (χ4v) is 2.73. The number of carbonyl (C=O) groups is 2. The Kier molecular flexibility index (Phi) is 3.72. The fourth-order valence-electron chi connectivity index (χ4n) is 2.73. The smallest absolute Gasteiger partial charge is 0.242 e. The second-order valence-electron chi connectivity index (χ2n) is 5.62. The van der Waals surface area contributed by atoms with Crippen molar-refractivity contribution < 1.29 is 9.59 Å². The van der Waals surface area contributed by atoms with Crippen LogP contribution in [0, 0.1) is 0 Å². The summed E-state index contributed by atoms with van der Waals surface area (Å²) in [5.41, 5.74) is 1.17. The quantitative estimate of drug-likeness (QED) is 0.832. The largest absolute Gasteiger partial charge is 0.336 e. The van der Waals surface area contributed by atoms with Gasteiger partial charge in [0.05, 0.1) is 6.54 Å². The zero-order chi connectivity index (χ0) is 13.9. The number of aryl methyl sites for hydroxylation is 1. The Morgan fingerprint density at radius 2 is 1.90 bits per heavy atom. The molecule has 0 bridgehead atoms. The van der Waals surface area contributed by atoms with Gasteiger partial charge in [-0.2, -0.15) is 0 Å². The number of nitrogens with zero attached hydrogens (tertiary/aromatic N) is 2. The van der Waals surface area contributed by atoms with E-state index in [4.69, 9.17) is 0 Å². The van der Waals surface area contributed by atoms with Crippen molar-refractivity contribution in [1.29, 1.82) is 0 Å². The predicted molar refractivity (Wildman–Crippen MR) is 76.1 cm³/mol. The average Bonchev–Trinajstić information content (AvgIpc) is 3.30. The Hall–Kier alpha value is -1.84. The lowest BCUT2D eigenvalue weighted by molar-refractivity contribution is -0.145. The monoisotopic (exact) mass is 272 g/mol. The lowest BCUT2D eigenvalue weighted by Gasteiger charge is -2.34. The number of piperazine rings is 1. The van der Waals surface area contributed by atoms with Crippen LogP contribution in [0.4, 0.5) is 0 Å². The third kappa shape index (κ3) is 3.00. The molecule has 0 N–H and O–H groups in total. The molecule has 0 radical (unpaired) electrons. The topological polar surface area (TPSA) is 40.6 Å². The molecule has 3 rings (SSSR count). The SMILES string of the molecule is O=C(CCc1ccccc1)N1CCN(C2CC2)C(=O)C1. The molecule has 4 heteroatoms. The second-order valence-corrected chi connectivity index (χ2v) is 5.62. The Labute approximate surface area is 119 Å². The molecule has 20 heavy (non-hydrogen) atoms. The lowest BCUT2D eigenvalue weighted by atomic mass is 10.1. The zero-order valence-electron chi connectivity index (χ0n) is 11.6. The van der Waals surface area contributed by atoms with Crippen molar-refractivity contribution in [2.75, 3.05) is 19.6 Å². The van der Waals surface area contributed by atoms with E-state index >= 15 is 0 Å². The first kappa shape index (κ1) is 13.2. The van der Waals surface area contributed by atoms with Gasteiger partial charge in [0.2, 0.25) is 11.8 Å². The van der Waals surface area contributed by atoms with E-state index in [1.807, 2.05) is 35.2 Å². The molecule has 0 aromatic heterocycles. The minimum Gasteiger partial charge on any atom is -0.336 e. The van der Waals surface area contributed by atoms with Crippen molar-refractivity contribution in [2.24, 2.45) is 0 Å². The van der Waals surface area contributed by atoms with Crippen molar-refractivity contribution in [3.8, 4) is 0 Å². The minimum atomic E-state index is 0.0950. The summed E-state index contributed by atoms with van der Waals surface area (Å²) in [6, 6.07) is 10.5. The van der Waals surface area contributed by atoms with Gasteiger partial charge in [0.15, 0.2) is 0 Å². The Balaban J connectivity index is 1.49. The molecule has 1 aliphatic carbocycles. The van der Waals surface area contributed by atoms with Crippen LogP contribution in [0.3, 0.4) is 0 Å². The van der Waals surface area contributed by atoms with Gasteiger partial charge in [-0.05, 0) is 24.8 Å². The molecule has 2 aliphatic rings. The normalized spacial score (nSPS) is 19.3. The molecular weight excluding hydrogens is 252 g/mol. The van der Waals surface area contributed by atoms with Crippen LogP contribution in [-0.2, 0) is 16.0 Å². The highest BCUT2D eigenvalue weighted by Gasteiger charge is 2.36. The van der Waals surface area contributed by atoms with E-state index in [-0.39, 0.29) is 18.4 Å². The summed E-state index contributed by atoms with van der Waals surface area (Å²) >= 11 is 0. The van der Waals surface area contributed by atoms with Crippen LogP contribution in [-0.4, -0.2) is 47.3 Å². The van der Waals surface area contributed by atoms with Crippen molar-refractivity contribution >= 4 is 11.8 Å². The van der Waals surface area contributed by atoms with Gasteiger partial charge < -0.3 is 9.80 Å². The maximum absolute atomic E-state index is 12.2. The number of hydrogen-bond acceptors (Lipinski definition) is 2. The third-order valence-electron chi connectivity index (χ3n) is 4.07. The van der Waals surface area contributed by atoms with Crippen LogP contribution >= 0.6 is 0 Å². The highest BCUT2D eigenvalue weighted by molar-refractivity contribution is 5.86. The molecule has 1 aromatic rings. The molecule has 2 fully saturated rings. The van der Waals surface area contributed by atoms with E-state index < -0.39 is 0 Å². The predicted octanol–water partition coefficient (Wildman–Crippen LogP) is 1.45. The number of hydrogen-bond donors (Lipinski definition) is 0. The number of carbonyl (C=O) groups excluding carboxylic acids is 2. The van der Waals surface area contributed by atoms with E-state index in [9.17, 15) is 9.59 Å². The summed E-state index contributed by atoms with van der Waals surface area (Å²) in [5.74, 6) is 0.212. The summed E-state index contributed by atoms with van der Waals surface area (Å²) < 4.78 is 0. The summed E-state index contributed by atoms with van der Waals surface area (Å²) in [7, 11) is 0. The first-order valence-corrected chi connectivity index (χ1v) is 7.35. The third-order valence-corrected chi connectivity index (χ3v) is 4.07. The highest BCUT2D eigenvalue weighted by atomic mass is 16.2. The first-order valence-electron chi connectivity index (χ1n) is 7.35. The van der Waals surface area contributed by atoms with E-state index in [1.54, 1.807) is 4.90 Å². The van der Waals surface area contributed by atoms with Gasteiger partial charge in [0.1, 0.15) is 0 Å². The van der Waals surface area contributed by atoms with Gasteiger partial charge >= 0.3 is 0 Å². The molecule has 0 unspecified atom stereocenters. The van der Waals surface area contributed by atoms with Gasteiger partial charge in [-0.25, -0.2) is 0 Å². The zero-order valence-corrected chi connectivity index (χ0v) is 11.6. The Morgan fingerprint density at radius 3 is 2.55 bits per heavy atom. The fraction of sp³-hybridized carbons (Fsp3) is 0.500. The summed E-state index contributed by atoms with van der Waals surface area (Å²) in [6.45, 7) is 1.67. The van der Waals surface area contributed by atoms with Crippen molar-refractivity contribution in [2.45, 2.75) is 31.7 Å². The number of benzene rings is 1. The molecule has 0 atom stereocenters. The van der Waals surface area contributed by atoms with Crippen molar-refractivity contribution in [1.82, 2.24) is 9.80 Å². The van der Waals surface area contributed by atoms with E-state index in [1.165, 1.54) is 5.56 Å². The minimum absolute atomic E-state index is 0.0950. The van der Waals surface area contributed by atoms with Gasteiger partial charge in [0, 0.05) is 25.6 Å². The molecular formula is C16H20N2O2. The average molecular weight is 272 g/mol. The van der Waals surface area contributed by atoms with E-state index in [0.717, 1.165) is 19.3 Å². The molecule has 1 aromatic carbocycles. The number of rotatable bonds is 4. The molecule has 1 heterocycles. The maximum atomic E-state index is 12.2. The summed E-state index contributed by atoms with van der Waals surface area (Å²) in [6.07, 6.45) is 3.50. The van der Waals surface area contributed by atoms with Gasteiger partial charge in [-0.15, -0.1) is 0 Å². The standard InChI is InChI=1S/C16H20N2O2/c19-15(9-6-13-4-2-1-3-5-13)17-10-11-18(14-7-8-14)16(20)12-17/h1-5,14H,6-12H2. The van der Waals surface area contributed by atoms with Gasteiger partial charge in [0.25, 0.3) is 0 Å². The molecule has 1 aliphatic heterocycles.